The number of halogens is 1. The second kappa shape index (κ2) is 11.7. The maximum Gasteiger partial charge on any atom is 0.330 e. The van der Waals surface area contributed by atoms with Gasteiger partial charge in [-0.1, -0.05) is 13.0 Å². The number of amides is 1. The van der Waals surface area contributed by atoms with Crippen molar-refractivity contribution < 1.29 is 19.4 Å². The lowest BCUT2D eigenvalue weighted by molar-refractivity contribution is -0.138. The van der Waals surface area contributed by atoms with Gasteiger partial charge in [-0.25, -0.2) is 4.79 Å². The number of carboxylic acid groups (broad SMARTS) is 1. The normalized spacial score (nSPS) is 11.0. The molecule has 1 amide bonds. The number of hydrogen-bond acceptors (Lipinski definition) is 5. The molecule has 0 saturated heterocycles. The molecule has 2 aromatic rings. The molecule has 0 aromatic heterocycles. The monoisotopic (exact) mass is 434 g/mol. The van der Waals surface area contributed by atoms with E-state index in [0.29, 0.717) is 29.1 Å². The van der Waals surface area contributed by atoms with Gasteiger partial charge in [0.25, 0.3) is 0 Å². The van der Waals surface area contributed by atoms with Gasteiger partial charge < -0.3 is 26.2 Å². The number of hydrogen-bond donors (Lipinski definition) is 5. The third-order valence-electron chi connectivity index (χ3n) is 4.28. The lowest BCUT2D eigenvalue weighted by Gasteiger charge is -2.21. The van der Waals surface area contributed by atoms with Crippen molar-refractivity contribution in [2.24, 2.45) is 5.73 Å². The van der Waals surface area contributed by atoms with Gasteiger partial charge in [-0.05, 0) is 48.4 Å². The van der Waals surface area contributed by atoms with E-state index >= 15 is 0 Å². The largest absolute Gasteiger partial charge is 0.491 e. The molecule has 2 rings (SSSR count). The van der Waals surface area contributed by atoms with Crippen LogP contribution in [0.3, 0.4) is 0 Å². The third-order valence-corrected chi connectivity index (χ3v) is 4.28. The zero-order valence-corrected chi connectivity index (χ0v) is 17.7. The van der Waals surface area contributed by atoms with Crippen LogP contribution in [-0.4, -0.2) is 36.0 Å². The van der Waals surface area contributed by atoms with Gasteiger partial charge in [0.2, 0.25) is 5.91 Å². The van der Waals surface area contributed by atoms with Crippen molar-refractivity contribution in [3.8, 4) is 5.75 Å². The van der Waals surface area contributed by atoms with Gasteiger partial charge in [0.1, 0.15) is 18.2 Å². The standard InChI is InChI=1S/C21H26N4O4.ClH/c1-3-14-4-9-18(29-11-10-24-13(2)26)17(12-14)19(21(27)28)25-16-7-5-15(6-8-16)20(22)23;/h4-9,12,19,25H,3,10-11H2,1-2H3,(H3,22,23)(H,24,26)(H,27,28);1H. The number of nitrogen functional groups attached to an aromatic ring is 1. The maximum absolute atomic E-state index is 12.0. The topological polar surface area (TPSA) is 138 Å². The Morgan fingerprint density at radius 1 is 1.20 bits per heavy atom. The molecule has 2 aromatic carbocycles. The van der Waals surface area contributed by atoms with E-state index < -0.39 is 12.0 Å². The third kappa shape index (κ3) is 6.97. The molecular weight excluding hydrogens is 408 g/mol. The first kappa shape index (κ1) is 24.8. The minimum Gasteiger partial charge on any atom is -0.491 e. The van der Waals surface area contributed by atoms with Crippen LogP contribution in [0, 0.1) is 5.41 Å². The highest BCUT2D eigenvalue weighted by Crippen LogP contribution is 2.30. The highest BCUT2D eigenvalue weighted by atomic mass is 35.5. The minimum atomic E-state index is -1.05. The molecule has 30 heavy (non-hydrogen) atoms. The van der Waals surface area contributed by atoms with Gasteiger partial charge in [-0.3, -0.25) is 10.2 Å². The second-order valence-electron chi connectivity index (χ2n) is 6.46. The summed E-state index contributed by atoms with van der Waals surface area (Å²) in [5.74, 6) is -0.834. The number of anilines is 1. The molecule has 6 N–H and O–H groups in total. The Morgan fingerprint density at radius 3 is 2.40 bits per heavy atom. The Hall–Kier alpha value is -3.26. The molecule has 1 atom stereocenters. The smallest absolute Gasteiger partial charge is 0.330 e. The van der Waals surface area contributed by atoms with Gasteiger partial charge >= 0.3 is 5.97 Å². The number of benzene rings is 2. The molecule has 0 radical (unpaired) electrons. The molecule has 162 valence electrons. The van der Waals surface area contributed by atoms with E-state index in [1.54, 1.807) is 30.3 Å². The zero-order valence-electron chi connectivity index (χ0n) is 16.9. The van der Waals surface area contributed by atoms with E-state index in [1.165, 1.54) is 6.92 Å². The Bertz CT molecular complexity index is 887. The van der Waals surface area contributed by atoms with Crippen LogP contribution < -0.4 is 21.1 Å². The molecule has 1 unspecified atom stereocenters. The summed E-state index contributed by atoms with van der Waals surface area (Å²) in [4.78, 5) is 23.0. The first-order valence-corrected chi connectivity index (χ1v) is 9.25. The number of ether oxygens (including phenoxy) is 1. The van der Waals surface area contributed by atoms with Crippen LogP contribution in [0.5, 0.6) is 5.75 Å². The minimum absolute atomic E-state index is 0. The number of aliphatic carboxylic acids is 1. The molecule has 0 fully saturated rings. The fourth-order valence-electron chi connectivity index (χ4n) is 2.75. The van der Waals surface area contributed by atoms with Gasteiger partial charge in [-0.15, -0.1) is 12.4 Å². The van der Waals surface area contributed by atoms with Crippen molar-refractivity contribution in [3.05, 3.63) is 59.2 Å². The number of nitrogens with two attached hydrogens (primary N) is 1. The molecular formula is C21H27ClN4O4. The number of rotatable bonds is 10. The molecule has 0 aliphatic carbocycles. The fraction of sp³-hybridized carbons (Fsp3) is 0.286. The van der Waals surface area contributed by atoms with E-state index in [-0.39, 0.29) is 30.8 Å². The van der Waals surface area contributed by atoms with Crippen LogP contribution in [0.15, 0.2) is 42.5 Å². The van der Waals surface area contributed by atoms with E-state index in [2.05, 4.69) is 10.6 Å². The second-order valence-corrected chi connectivity index (χ2v) is 6.46. The average molecular weight is 435 g/mol. The Kier molecular flexibility index (Phi) is 9.64. The maximum atomic E-state index is 12.0. The lowest BCUT2D eigenvalue weighted by Crippen LogP contribution is -2.26. The average Bonchev–Trinajstić information content (AvgIpc) is 2.69. The molecule has 0 heterocycles. The van der Waals surface area contributed by atoms with E-state index in [4.69, 9.17) is 15.9 Å². The summed E-state index contributed by atoms with van der Waals surface area (Å²) in [6.45, 7) is 3.95. The van der Waals surface area contributed by atoms with Crippen LogP contribution >= 0.6 is 12.4 Å². The van der Waals surface area contributed by atoms with Crippen LogP contribution in [0.4, 0.5) is 5.69 Å². The molecule has 0 aliphatic heterocycles. The SMILES string of the molecule is CCc1ccc(OCCNC(C)=O)c(C(Nc2ccc(C(=N)N)cc2)C(=O)O)c1.Cl. The Balaban J connectivity index is 0.00000450. The Morgan fingerprint density at radius 2 is 1.87 bits per heavy atom. The van der Waals surface area contributed by atoms with Gasteiger partial charge in [-0.2, -0.15) is 0 Å². The predicted molar refractivity (Wildman–Crippen MR) is 119 cm³/mol. The predicted octanol–water partition coefficient (Wildman–Crippen LogP) is 2.71. The Labute approximate surface area is 181 Å². The molecule has 0 spiro atoms. The quantitative estimate of drug-likeness (QED) is 0.221. The van der Waals surface area contributed by atoms with Crippen LogP contribution in [0.1, 0.15) is 36.6 Å². The number of carbonyl (C=O) groups is 2. The number of carboxylic acids is 1. The van der Waals surface area contributed by atoms with E-state index in [9.17, 15) is 14.7 Å². The molecule has 0 aliphatic rings. The van der Waals surface area contributed by atoms with Crippen molar-refractivity contribution in [2.75, 3.05) is 18.5 Å². The fourth-order valence-corrected chi connectivity index (χ4v) is 2.75. The van der Waals surface area contributed by atoms with Crippen LogP contribution in [0.2, 0.25) is 0 Å². The highest BCUT2D eigenvalue weighted by molar-refractivity contribution is 5.95. The summed E-state index contributed by atoms with van der Waals surface area (Å²) in [6, 6.07) is 11.1. The van der Waals surface area contributed by atoms with Crippen molar-refractivity contribution in [2.45, 2.75) is 26.3 Å². The van der Waals surface area contributed by atoms with Gasteiger partial charge in [0.05, 0.1) is 6.54 Å². The van der Waals surface area contributed by atoms with Crippen molar-refractivity contribution in [1.29, 1.82) is 5.41 Å². The molecule has 0 bridgehead atoms. The molecule has 0 saturated carbocycles. The number of aryl methyl sites for hydroxylation is 1. The summed E-state index contributed by atoms with van der Waals surface area (Å²) in [5.41, 5.74) is 8.07. The van der Waals surface area contributed by atoms with Gasteiger partial charge in [0.15, 0.2) is 6.04 Å². The first-order valence-electron chi connectivity index (χ1n) is 9.25. The first-order chi connectivity index (χ1) is 13.8. The van der Waals surface area contributed by atoms with Crippen LogP contribution in [0.25, 0.3) is 0 Å². The van der Waals surface area contributed by atoms with E-state index in [1.807, 2.05) is 19.1 Å². The molecule has 8 nitrogen and oxygen atoms in total. The number of carbonyl (C=O) groups excluding carboxylic acids is 1. The zero-order chi connectivity index (χ0) is 21.4. The van der Waals surface area contributed by atoms with Gasteiger partial charge in [0, 0.05) is 23.7 Å². The van der Waals surface area contributed by atoms with Crippen molar-refractivity contribution in [1.82, 2.24) is 5.32 Å². The number of nitrogens with one attached hydrogen (secondary N) is 3. The van der Waals surface area contributed by atoms with Crippen LogP contribution in [-0.2, 0) is 16.0 Å². The lowest BCUT2D eigenvalue weighted by atomic mass is 10.0. The molecule has 9 heteroatoms. The highest BCUT2D eigenvalue weighted by Gasteiger charge is 2.24. The summed E-state index contributed by atoms with van der Waals surface area (Å²) >= 11 is 0. The summed E-state index contributed by atoms with van der Waals surface area (Å²) in [7, 11) is 0. The van der Waals surface area contributed by atoms with Crippen molar-refractivity contribution >= 4 is 35.8 Å². The van der Waals surface area contributed by atoms with Crippen molar-refractivity contribution in [3.63, 3.8) is 0 Å². The van der Waals surface area contributed by atoms with E-state index in [0.717, 1.165) is 12.0 Å². The summed E-state index contributed by atoms with van der Waals surface area (Å²) < 4.78 is 5.74. The number of amidine groups is 1. The summed E-state index contributed by atoms with van der Waals surface area (Å²) in [5, 5.41) is 22.9. The summed E-state index contributed by atoms with van der Waals surface area (Å²) in [6.07, 6.45) is 0.749.